The third kappa shape index (κ3) is 3.15. The molecule has 0 amide bonds. The van der Waals surface area contributed by atoms with Gasteiger partial charge >= 0.3 is 10.3 Å². The average Bonchev–Trinajstić information content (AvgIpc) is 3.22. The van der Waals surface area contributed by atoms with Gasteiger partial charge in [0.25, 0.3) is 0 Å². The lowest BCUT2D eigenvalue weighted by Crippen LogP contribution is -2.49. The predicted molar refractivity (Wildman–Crippen MR) is 123 cm³/mol. The largest absolute Gasteiger partial charge is 0.386 e. The summed E-state index contributed by atoms with van der Waals surface area (Å²) >= 11 is 0. The van der Waals surface area contributed by atoms with Gasteiger partial charge in [-0.3, -0.25) is 9.59 Å². The molecule has 2 aliphatic rings. The van der Waals surface area contributed by atoms with Crippen LogP contribution in [0.4, 0.5) is 0 Å². The fraction of sp³-hybridized carbons (Fsp3) is 0.154. The molecule has 33 heavy (non-hydrogen) atoms. The van der Waals surface area contributed by atoms with E-state index >= 15 is 0 Å². The van der Waals surface area contributed by atoms with Crippen molar-refractivity contribution in [3.8, 4) is 5.75 Å². The number of rotatable bonds is 5. The van der Waals surface area contributed by atoms with Crippen LogP contribution in [0.1, 0.15) is 38.7 Å². The molecule has 6 nitrogen and oxygen atoms in total. The molecule has 0 bridgehead atoms. The molecule has 0 saturated carbocycles. The molecule has 7 heteroatoms. The molecule has 0 radical (unpaired) electrons. The van der Waals surface area contributed by atoms with Crippen molar-refractivity contribution >= 4 is 21.9 Å². The van der Waals surface area contributed by atoms with Crippen LogP contribution in [-0.4, -0.2) is 30.3 Å². The van der Waals surface area contributed by atoms with Gasteiger partial charge in [0.1, 0.15) is 11.2 Å². The first-order valence-corrected chi connectivity index (χ1v) is 11.9. The van der Waals surface area contributed by atoms with Crippen LogP contribution in [0, 0.1) is 5.41 Å². The summed E-state index contributed by atoms with van der Waals surface area (Å²) < 4.78 is 33.0. The van der Waals surface area contributed by atoms with Gasteiger partial charge in [0, 0.05) is 22.7 Å². The number of benzene rings is 3. The van der Waals surface area contributed by atoms with E-state index in [9.17, 15) is 18.0 Å². The monoisotopic (exact) mass is 459 g/mol. The van der Waals surface area contributed by atoms with E-state index in [-0.39, 0.29) is 12.2 Å². The molecule has 2 heterocycles. The molecule has 0 aliphatic carbocycles. The number of fused-ring (bicyclic) bond motifs is 3. The molecule has 5 rings (SSSR count). The number of carbonyl (C=O) groups excluding carboxylic acids is 2. The van der Waals surface area contributed by atoms with Crippen LogP contribution in [0.25, 0.3) is 0 Å². The van der Waals surface area contributed by atoms with E-state index in [0.717, 1.165) is 4.31 Å². The maximum absolute atomic E-state index is 14.2. The normalized spacial score (nSPS) is 22.4. The Kier molecular flexibility index (Phi) is 5.03. The van der Waals surface area contributed by atoms with E-state index in [1.54, 1.807) is 78.9 Å². The zero-order valence-corrected chi connectivity index (χ0v) is 18.4. The summed E-state index contributed by atoms with van der Waals surface area (Å²) in [5, 5.41) is 0. The number of hydrogen-bond donors (Lipinski definition) is 0. The first kappa shape index (κ1) is 21.3. The standard InChI is InChI=1S/C26H21NO5S/c1-2-20-17-26(24(28)18-11-5-3-6-12-18,25(29)19-13-7-4-8-14-19)23-21-15-9-10-16-22(21)32-33(30,31)27(20)23/h2-16,20,23H,1,17H2/t20-,23-/m0/s1. The van der Waals surface area contributed by atoms with Crippen LogP contribution in [0.15, 0.2) is 97.6 Å². The van der Waals surface area contributed by atoms with E-state index in [1.807, 2.05) is 0 Å². The highest BCUT2D eigenvalue weighted by Gasteiger charge is 2.66. The number of carbonyl (C=O) groups is 2. The van der Waals surface area contributed by atoms with Gasteiger partial charge in [0.2, 0.25) is 0 Å². The molecule has 0 N–H and O–H groups in total. The second kappa shape index (κ2) is 7.79. The van der Waals surface area contributed by atoms with Crippen molar-refractivity contribution < 1.29 is 22.2 Å². The Bertz CT molecular complexity index is 1300. The number of ketones is 2. The first-order chi connectivity index (χ1) is 15.9. The van der Waals surface area contributed by atoms with Crippen LogP contribution in [0.2, 0.25) is 0 Å². The molecular formula is C26H21NO5S. The Morgan fingerprint density at radius 2 is 1.39 bits per heavy atom. The zero-order chi connectivity index (χ0) is 23.2. The highest BCUT2D eigenvalue weighted by molar-refractivity contribution is 7.84. The molecular weight excluding hydrogens is 438 g/mol. The summed E-state index contributed by atoms with van der Waals surface area (Å²) in [6.45, 7) is 3.80. The van der Waals surface area contributed by atoms with Gasteiger partial charge in [0.15, 0.2) is 11.6 Å². The average molecular weight is 460 g/mol. The molecule has 1 fully saturated rings. The third-order valence-electron chi connectivity index (χ3n) is 6.40. The molecule has 0 spiro atoms. The van der Waals surface area contributed by atoms with Crippen LogP contribution in [0.3, 0.4) is 0 Å². The highest BCUT2D eigenvalue weighted by Crippen LogP contribution is 2.58. The van der Waals surface area contributed by atoms with Crippen LogP contribution in [0.5, 0.6) is 5.75 Å². The van der Waals surface area contributed by atoms with Gasteiger partial charge in [-0.25, -0.2) is 0 Å². The van der Waals surface area contributed by atoms with E-state index in [0.29, 0.717) is 16.7 Å². The van der Waals surface area contributed by atoms with Crippen molar-refractivity contribution in [2.45, 2.75) is 18.5 Å². The Labute approximate surface area is 192 Å². The van der Waals surface area contributed by atoms with Crippen molar-refractivity contribution in [2.75, 3.05) is 0 Å². The van der Waals surface area contributed by atoms with Gasteiger partial charge in [-0.05, 0) is 12.5 Å². The SMILES string of the molecule is C=C[C@H]1CC(C(=O)c2ccccc2)(C(=O)c2ccccc2)[C@@H]2c3ccccc3OS(=O)(=O)N21. The van der Waals surface area contributed by atoms with Crippen LogP contribution in [-0.2, 0) is 10.3 Å². The lowest BCUT2D eigenvalue weighted by Gasteiger charge is -2.39. The summed E-state index contributed by atoms with van der Waals surface area (Å²) in [5.74, 6) is -0.735. The minimum atomic E-state index is -4.28. The maximum Gasteiger partial charge on any atom is 0.386 e. The fourth-order valence-corrected chi connectivity index (χ4v) is 6.50. The molecule has 3 aromatic carbocycles. The lowest BCUT2D eigenvalue weighted by atomic mass is 9.66. The summed E-state index contributed by atoms with van der Waals surface area (Å²) in [5.41, 5.74) is -0.542. The maximum atomic E-state index is 14.2. The summed E-state index contributed by atoms with van der Waals surface area (Å²) in [6.07, 6.45) is 1.42. The van der Waals surface area contributed by atoms with E-state index in [2.05, 4.69) is 6.58 Å². The molecule has 166 valence electrons. The topological polar surface area (TPSA) is 80.8 Å². The third-order valence-corrected chi connectivity index (χ3v) is 7.79. The second-order valence-corrected chi connectivity index (χ2v) is 9.62. The van der Waals surface area contributed by atoms with Gasteiger partial charge < -0.3 is 4.18 Å². The minimum absolute atomic E-state index is 0.0421. The first-order valence-electron chi connectivity index (χ1n) is 10.5. The van der Waals surface area contributed by atoms with Gasteiger partial charge in [0.05, 0.1) is 6.04 Å². The van der Waals surface area contributed by atoms with Crippen molar-refractivity contribution in [1.29, 1.82) is 0 Å². The molecule has 3 aromatic rings. The lowest BCUT2D eigenvalue weighted by molar-refractivity contribution is 0.0607. The van der Waals surface area contributed by atoms with Gasteiger partial charge in [-0.15, -0.1) is 6.58 Å². The van der Waals surface area contributed by atoms with Crippen molar-refractivity contribution in [1.82, 2.24) is 4.31 Å². The van der Waals surface area contributed by atoms with Crippen molar-refractivity contribution in [3.05, 3.63) is 114 Å². The fourth-order valence-electron chi connectivity index (χ4n) is 4.99. The Morgan fingerprint density at radius 1 is 0.879 bits per heavy atom. The quantitative estimate of drug-likeness (QED) is 0.321. The molecule has 1 saturated heterocycles. The van der Waals surface area contributed by atoms with E-state index in [1.165, 1.54) is 12.1 Å². The zero-order valence-electron chi connectivity index (χ0n) is 17.6. The predicted octanol–water partition coefficient (Wildman–Crippen LogP) is 4.38. The molecule has 2 atom stereocenters. The number of para-hydroxylation sites is 1. The smallest absolute Gasteiger partial charge is 0.370 e. The minimum Gasteiger partial charge on any atom is -0.370 e. The van der Waals surface area contributed by atoms with Gasteiger partial charge in [-0.1, -0.05) is 84.9 Å². The van der Waals surface area contributed by atoms with E-state index < -0.39 is 39.4 Å². The van der Waals surface area contributed by atoms with Crippen LogP contribution < -0.4 is 4.18 Å². The summed E-state index contributed by atoms with van der Waals surface area (Å²) in [4.78, 5) is 28.4. The number of nitrogens with zero attached hydrogens (tertiary/aromatic N) is 1. The van der Waals surface area contributed by atoms with Crippen LogP contribution >= 0.6 is 0 Å². The van der Waals surface area contributed by atoms with Crippen molar-refractivity contribution in [3.63, 3.8) is 0 Å². The van der Waals surface area contributed by atoms with Gasteiger partial charge in [-0.2, -0.15) is 12.7 Å². The van der Waals surface area contributed by atoms with Crippen molar-refractivity contribution in [2.24, 2.45) is 5.41 Å². The second-order valence-electron chi connectivity index (χ2n) is 8.18. The Hall–Kier alpha value is -3.55. The summed E-state index contributed by atoms with van der Waals surface area (Å²) in [6, 6.07) is 21.8. The van der Waals surface area contributed by atoms with E-state index in [4.69, 9.17) is 4.18 Å². The Morgan fingerprint density at radius 3 is 1.94 bits per heavy atom. The molecule has 0 unspecified atom stereocenters. The Balaban J connectivity index is 1.83. The molecule has 2 aliphatic heterocycles. The molecule has 0 aromatic heterocycles. The number of Topliss-reactive ketones (excluding diaryl/α,β-unsaturated/α-hetero) is 2. The highest BCUT2D eigenvalue weighted by atomic mass is 32.2. The summed E-state index contributed by atoms with van der Waals surface area (Å²) in [7, 11) is -4.28. The number of hydrogen-bond acceptors (Lipinski definition) is 5.